The highest BCUT2D eigenvalue weighted by atomic mass is 32.3. The van der Waals surface area contributed by atoms with Crippen LogP contribution in [0.4, 0.5) is 3.89 Å². The fraction of sp³-hybridized carbons (Fsp3) is 0.308. The Morgan fingerprint density at radius 3 is 2.44 bits per heavy atom. The van der Waals surface area contributed by atoms with Crippen molar-refractivity contribution in [3.63, 3.8) is 0 Å². The summed E-state index contributed by atoms with van der Waals surface area (Å²) in [6.07, 6.45) is 5.29. The highest BCUT2D eigenvalue weighted by Crippen LogP contribution is 2.34. The minimum absolute atomic E-state index is 0.113. The van der Waals surface area contributed by atoms with Gasteiger partial charge in [0.1, 0.15) is 5.54 Å². The van der Waals surface area contributed by atoms with Gasteiger partial charge in [0.25, 0.3) is 0 Å². The van der Waals surface area contributed by atoms with Crippen molar-refractivity contribution < 1.29 is 12.3 Å². The second kappa shape index (κ2) is 4.65. The fourth-order valence-electron chi connectivity index (χ4n) is 2.00. The van der Waals surface area contributed by atoms with Gasteiger partial charge < -0.3 is 0 Å². The Balaban J connectivity index is 2.31. The molecule has 1 unspecified atom stereocenters. The predicted octanol–water partition coefficient (Wildman–Crippen LogP) is 2.52. The summed E-state index contributed by atoms with van der Waals surface area (Å²) < 4.78 is 34.0. The monoisotopic (exact) mass is 267 g/mol. The summed E-state index contributed by atoms with van der Waals surface area (Å²) in [4.78, 5) is 4.30. The molecule has 0 bridgehead atoms. The zero-order chi connectivity index (χ0) is 13.2. The molecule has 0 amide bonds. The van der Waals surface area contributed by atoms with Crippen molar-refractivity contribution >= 4 is 16.4 Å². The maximum absolute atomic E-state index is 12.7. The summed E-state index contributed by atoms with van der Waals surface area (Å²) in [6, 6.07) is 7.66. The molecule has 1 aliphatic rings. The zero-order valence-corrected chi connectivity index (χ0v) is 10.8. The van der Waals surface area contributed by atoms with Crippen molar-refractivity contribution in [3.05, 3.63) is 47.5 Å². The van der Waals surface area contributed by atoms with Crippen LogP contribution >= 0.6 is 0 Å². The van der Waals surface area contributed by atoms with E-state index in [1.165, 1.54) is 0 Å². The fourth-order valence-corrected chi connectivity index (χ4v) is 2.56. The zero-order valence-electron chi connectivity index (χ0n) is 10.0. The minimum Gasteiger partial charge on any atom is -0.278 e. The second-order valence-electron chi connectivity index (χ2n) is 4.42. The standard InChI is InChI=1S/C13H14FNO2S/c1-11-3-5-12(6-4-11)13(7-2-9-15-13)8-10-18(14,16)17/h2-7,9H,8,10H2,1H3. The number of allylic oxidation sites excluding steroid dienone is 1. The molecule has 0 N–H and O–H groups in total. The molecule has 0 saturated heterocycles. The van der Waals surface area contributed by atoms with E-state index >= 15 is 0 Å². The van der Waals surface area contributed by atoms with Gasteiger partial charge in [0, 0.05) is 6.21 Å². The Morgan fingerprint density at radius 2 is 1.94 bits per heavy atom. The van der Waals surface area contributed by atoms with E-state index in [9.17, 15) is 12.3 Å². The van der Waals surface area contributed by atoms with Crippen molar-refractivity contribution in [2.45, 2.75) is 18.9 Å². The Morgan fingerprint density at radius 1 is 1.28 bits per heavy atom. The van der Waals surface area contributed by atoms with Crippen LogP contribution < -0.4 is 0 Å². The molecule has 3 nitrogen and oxygen atoms in total. The average molecular weight is 267 g/mol. The Kier molecular flexibility index (Phi) is 3.34. The number of aliphatic imine (C=N–C) groups is 1. The van der Waals surface area contributed by atoms with Gasteiger partial charge in [-0.2, -0.15) is 8.42 Å². The highest BCUT2D eigenvalue weighted by Gasteiger charge is 2.31. The lowest BCUT2D eigenvalue weighted by molar-refractivity contribution is 0.517. The normalized spacial score (nSPS) is 22.6. The molecule has 2 rings (SSSR count). The number of hydrogen-bond acceptors (Lipinski definition) is 3. The van der Waals surface area contributed by atoms with Crippen LogP contribution in [0.25, 0.3) is 0 Å². The number of aryl methyl sites for hydroxylation is 1. The van der Waals surface area contributed by atoms with E-state index in [0.717, 1.165) is 11.1 Å². The first-order chi connectivity index (χ1) is 8.41. The Labute approximate surface area is 106 Å². The van der Waals surface area contributed by atoms with E-state index in [0.29, 0.717) is 0 Å². The van der Waals surface area contributed by atoms with E-state index < -0.39 is 21.5 Å². The summed E-state index contributed by atoms with van der Waals surface area (Å²) >= 11 is 0. The van der Waals surface area contributed by atoms with E-state index in [4.69, 9.17) is 0 Å². The van der Waals surface area contributed by atoms with Gasteiger partial charge in [0.2, 0.25) is 0 Å². The molecule has 1 aromatic carbocycles. The molecule has 96 valence electrons. The summed E-state index contributed by atoms with van der Waals surface area (Å²) in [7, 11) is -4.47. The molecular weight excluding hydrogens is 253 g/mol. The van der Waals surface area contributed by atoms with Gasteiger partial charge in [-0.1, -0.05) is 35.9 Å². The quantitative estimate of drug-likeness (QED) is 0.787. The third-order valence-corrected chi connectivity index (χ3v) is 3.73. The predicted molar refractivity (Wildman–Crippen MR) is 70.0 cm³/mol. The largest absolute Gasteiger partial charge is 0.302 e. The minimum atomic E-state index is -4.47. The molecule has 1 atom stereocenters. The lowest BCUT2D eigenvalue weighted by Gasteiger charge is -2.24. The summed E-state index contributed by atoms with van der Waals surface area (Å²) in [5.74, 6) is -0.525. The number of rotatable bonds is 4. The van der Waals surface area contributed by atoms with Gasteiger partial charge in [-0.05, 0) is 25.0 Å². The van der Waals surface area contributed by atoms with E-state index in [1.807, 2.05) is 37.3 Å². The Hall–Kier alpha value is -1.49. The molecule has 5 heteroatoms. The first-order valence-electron chi connectivity index (χ1n) is 5.64. The highest BCUT2D eigenvalue weighted by molar-refractivity contribution is 7.86. The molecule has 0 radical (unpaired) electrons. The molecule has 0 aromatic heterocycles. The molecule has 1 aliphatic heterocycles. The second-order valence-corrected chi connectivity index (χ2v) is 5.91. The van der Waals surface area contributed by atoms with Crippen molar-refractivity contribution in [1.29, 1.82) is 0 Å². The molecule has 0 fully saturated rings. The van der Waals surface area contributed by atoms with Crippen molar-refractivity contribution in [2.75, 3.05) is 5.75 Å². The van der Waals surface area contributed by atoms with E-state index in [-0.39, 0.29) is 6.42 Å². The van der Waals surface area contributed by atoms with Gasteiger partial charge in [-0.25, -0.2) is 0 Å². The van der Waals surface area contributed by atoms with Crippen LogP contribution in [0.15, 0.2) is 41.4 Å². The number of hydrogen-bond donors (Lipinski definition) is 0. The maximum atomic E-state index is 12.7. The van der Waals surface area contributed by atoms with Crippen LogP contribution in [0.2, 0.25) is 0 Å². The van der Waals surface area contributed by atoms with Gasteiger partial charge in [-0.3, -0.25) is 4.99 Å². The van der Waals surface area contributed by atoms with Crippen molar-refractivity contribution in [3.8, 4) is 0 Å². The van der Waals surface area contributed by atoms with Crippen molar-refractivity contribution in [2.24, 2.45) is 4.99 Å². The third-order valence-electron chi connectivity index (χ3n) is 3.04. The lowest BCUT2D eigenvalue weighted by atomic mass is 9.88. The lowest BCUT2D eigenvalue weighted by Crippen LogP contribution is -2.22. The summed E-state index contributed by atoms with van der Waals surface area (Å²) in [5.41, 5.74) is 1.24. The smallest absolute Gasteiger partial charge is 0.278 e. The van der Waals surface area contributed by atoms with Gasteiger partial charge in [-0.15, -0.1) is 3.89 Å². The molecule has 1 heterocycles. The third kappa shape index (κ3) is 2.85. The molecule has 1 aromatic rings. The van der Waals surface area contributed by atoms with E-state index in [1.54, 1.807) is 12.3 Å². The first kappa shape index (κ1) is 13.0. The van der Waals surface area contributed by atoms with Crippen LogP contribution in [0.5, 0.6) is 0 Å². The average Bonchev–Trinajstić information content (AvgIpc) is 2.76. The number of nitrogens with zero attached hydrogens (tertiary/aromatic N) is 1. The van der Waals surface area contributed by atoms with Crippen LogP contribution in [-0.2, 0) is 15.8 Å². The maximum Gasteiger partial charge on any atom is 0.302 e. The number of benzene rings is 1. The molecule has 0 aliphatic carbocycles. The molecule has 0 saturated carbocycles. The van der Waals surface area contributed by atoms with Crippen molar-refractivity contribution in [1.82, 2.24) is 0 Å². The van der Waals surface area contributed by atoms with Crippen LogP contribution in [-0.4, -0.2) is 20.4 Å². The van der Waals surface area contributed by atoms with Crippen LogP contribution in [0, 0.1) is 6.92 Å². The van der Waals surface area contributed by atoms with Crippen LogP contribution in [0.1, 0.15) is 17.5 Å². The SMILES string of the molecule is Cc1ccc(C2(CCS(=O)(=O)F)C=CC=N2)cc1. The molecule has 0 spiro atoms. The Bertz CT molecular complexity index is 576. The topological polar surface area (TPSA) is 46.5 Å². The van der Waals surface area contributed by atoms with Gasteiger partial charge in [0.05, 0.1) is 5.75 Å². The van der Waals surface area contributed by atoms with Crippen LogP contribution in [0.3, 0.4) is 0 Å². The number of halogens is 1. The molecule has 18 heavy (non-hydrogen) atoms. The van der Waals surface area contributed by atoms with Gasteiger partial charge in [0.15, 0.2) is 0 Å². The first-order valence-corrected chi connectivity index (χ1v) is 7.19. The van der Waals surface area contributed by atoms with Gasteiger partial charge >= 0.3 is 10.2 Å². The summed E-state index contributed by atoms with van der Waals surface area (Å²) in [5, 5.41) is 0. The molecular formula is C13H14FNO2S. The summed E-state index contributed by atoms with van der Waals surface area (Å²) in [6.45, 7) is 1.97. The van der Waals surface area contributed by atoms with E-state index in [2.05, 4.69) is 4.99 Å².